The topological polar surface area (TPSA) is 24.9 Å². The first-order chi connectivity index (χ1) is 8.13. The largest absolute Gasteiger partial charge is 0.314 e. The number of thiazole rings is 1. The predicted octanol–water partition coefficient (Wildman–Crippen LogP) is 3.80. The third-order valence-electron chi connectivity index (χ3n) is 3.03. The molecule has 0 aromatic carbocycles. The minimum absolute atomic E-state index is 0.663. The van der Waals surface area contributed by atoms with E-state index in [0.717, 1.165) is 24.6 Å². The van der Waals surface area contributed by atoms with Gasteiger partial charge in [0.1, 0.15) is 0 Å². The lowest BCUT2D eigenvalue weighted by molar-refractivity contribution is 0.370. The molecule has 1 atom stereocenters. The summed E-state index contributed by atoms with van der Waals surface area (Å²) in [4.78, 5) is 4.51. The number of rotatable bonds is 8. The molecule has 0 radical (unpaired) electrons. The van der Waals surface area contributed by atoms with Crippen molar-refractivity contribution in [2.75, 3.05) is 6.54 Å². The quantitative estimate of drug-likeness (QED) is 0.763. The van der Waals surface area contributed by atoms with E-state index in [4.69, 9.17) is 0 Å². The van der Waals surface area contributed by atoms with E-state index in [-0.39, 0.29) is 0 Å². The molecule has 0 spiro atoms. The Bertz CT molecular complexity index is 307. The van der Waals surface area contributed by atoms with Crippen LogP contribution in [0.3, 0.4) is 0 Å². The van der Waals surface area contributed by atoms with E-state index in [1.165, 1.54) is 24.3 Å². The molecule has 98 valence electrons. The third kappa shape index (κ3) is 5.64. The third-order valence-corrected chi connectivity index (χ3v) is 4.06. The lowest BCUT2D eigenvalue weighted by atomic mass is 9.98. The van der Waals surface area contributed by atoms with Gasteiger partial charge in [-0.25, -0.2) is 4.98 Å². The van der Waals surface area contributed by atoms with Crippen molar-refractivity contribution < 1.29 is 0 Å². The maximum absolute atomic E-state index is 4.51. The van der Waals surface area contributed by atoms with Crippen LogP contribution in [0.15, 0.2) is 5.38 Å². The Labute approximate surface area is 110 Å². The molecule has 0 bridgehead atoms. The molecule has 1 rings (SSSR count). The fourth-order valence-corrected chi connectivity index (χ4v) is 2.81. The van der Waals surface area contributed by atoms with Crippen LogP contribution in [-0.2, 0) is 6.42 Å². The van der Waals surface area contributed by atoms with Crippen molar-refractivity contribution in [2.24, 2.45) is 5.92 Å². The molecule has 1 aromatic heterocycles. The molecule has 0 aliphatic rings. The molecule has 1 N–H and O–H groups in total. The van der Waals surface area contributed by atoms with Gasteiger partial charge in [0.2, 0.25) is 0 Å². The van der Waals surface area contributed by atoms with Gasteiger partial charge in [-0.05, 0) is 45.1 Å². The summed E-state index contributed by atoms with van der Waals surface area (Å²) in [7, 11) is 0. The van der Waals surface area contributed by atoms with E-state index in [2.05, 4.69) is 43.4 Å². The highest BCUT2D eigenvalue weighted by Crippen LogP contribution is 2.15. The molecule has 1 aromatic rings. The van der Waals surface area contributed by atoms with Crippen molar-refractivity contribution in [1.82, 2.24) is 10.3 Å². The molecule has 0 saturated heterocycles. The number of hydrogen-bond donors (Lipinski definition) is 1. The minimum atomic E-state index is 0.663. The van der Waals surface area contributed by atoms with Gasteiger partial charge in [0, 0.05) is 17.1 Å². The van der Waals surface area contributed by atoms with Crippen LogP contribution in [0.1, 0.15) is 50.7 Å². The fourth-order valence-electron chi connectivity index (χ4n) is 1.99. The van der Waals surface area contributed by atoms with Gasteiger partial charge < -0.3 is 5.32 Å². The van der Waals surface area contributed by atoms with E-state index >= 15 is 0 Å². The molecule has 17 heavy (non-hydrogen) atoms. The van der Waals surface area contributed by atoms with E-state index < -0.39 is 0 Å². The van der Waals surface area contributed by atoms with Crippen LogP contribution in [0.4, 0.5) is 0 Å². The van der Waals surface area contributed by atoms with Gasteiger partial charge in [0.15, 0.2) is 0 Å². The smallest absolute Gasteiger partial charge is 0.0928 e. The Morgan fingerprint density at radius 3 is 2.71 bits per heavy atom. The molecule has 1 unspecified atom stereocenters. The second-order valence-corrected chi connectivity index (χ2v) is 6.02. The zero-order valence-corrected chi connectivity index (χ0v) is 12.4. The summed E-state index contributed by atoms with van der Waals surface area (Å²) in [5, 5.41) is 7.08. The second-order valence-electron chi connectivity index (χ2n) is 5.08. The van der Waals surface area contributed by atoms with E-state index in [1.807, 2.05) is 0 Å². The van der Waals surface area contributed by atoms with Crippen molar-refractivity contribution in [2.45, 2.75) is 59.4 Å². The number of nitrogens with one attached hydrogen (secondary N) is 1. The molecule has 2 nitrogen and oxygen atoms in total. The maximum Gasteiger partial charge on any atom is 0.0928 e. The highest BCUT2D eigenvalue weighted by atomic mass is 32.1. The SMILES string of the molecule is CCCNC(CCCc1nc(C)cs1)C(C)C. The molecule has 0 fully saturated rings. The highest BCUT2D eigenvalue weighted by Gasteiger charge is 2.12. The normalized spacial score (nSPS) is 13.2. The summed E-state index contributed by atoms with van der Waals surface area (Å²) >= 11 is 1.80. The van der Waals surface area contributed by atoms with Gasteiger partial charge in [-0.2, -0.15) is 0 Å². The monoisotopic (exact) mass is 254 g/mol. The van der Waals surface area contributed by atoms with Gasteiger partial charge in [-0.1, -0.05) is 20.8 Å². The standard InChI is InChI=1S/C14H26N2S/c1-5-9-15-13(11(2)3)7-6-8-14-16-12(4)10-17-14/h10-11,13,15H,5-9H2,1-4H3. The van der Waals surface area contributed by atoms with Crippen LogP contribution in [0.25, 0.3) is 0 Å². The number of nitrogens with zero attached hydrogens (tertiary/aromatic N) is 1. The Morgan fingerprint density at radius 1 is 1.41 bits per heavy atom. The first kappa shape index (κ1) is 14.7. The van der Waals surface area contributed by atoms with Crippen molar-refractivity contribution in [1.29, 1.82) is 0 Å². The van der Waals surface area contributed by atoms with Crippen LogP contribution in [0.5, 0.6) is 0 Å². The Hall–Kier alpha value is -0.410. The maximum atomic E-state index is 4.51. The minimum Gasteiger partial charge on any atom is -0.314 e. The molecular formula is C14H26N2S. The Balaban J connectivity index is 2.26. The number of aryl methyl sites for hydroxylation is 2. The fraction of sp³-hybridized carbons (Fsp3) is 0.786. The average molecular weight is 254 g/mol. The van der Waals surface area contributed by atoms with Crippen LogP contribution in [0, 0.1) is 12.8 Å². The van der Waals surface area contributed by atoms with Crippen molar-refractivity contribution in [3.05, 3.63) is 16.1 Å². The first-order valence-corrected chi connectivity index (χ1v) is 7.65. The molecule has 1 heterocycles. The van der Waals surface area contributed by atoms with Crippen LogP contribution >= 0.6 is 11.3 Å². The summed E-state index contributed by atoms with van der Waals surface area (Å²) in [5.74, 6) is 0.722. The lowest BCUT2D eigenvalue weighted by Crippen LogP contribution is -2.34. The van der Waals surface area contributed by atoms with Gasteiger partial charge >= 0.3 is 0 Å². The Morgan fingerprint density at radius 2 is 2.18 bits per heavy atom. The molecule has 0 aliphatic carbocycles. The molecule has 3 heteroatoms. The summed E-state index contributed by atoms with van der Waals surface area (Å²) in [6.45, 7) is 10.0. The van der Waals surface area contributed by atoms with Crippen LogP contribution < -0.4 is 5.32 Å². The van der Waals surface area contributed by atoms with Crippen molar-refractivity contribution in [3.8, 4) is 0 Å². The van der Waals surface area contributed by atoms with Gasteiger partial charge in [-0.3, -0.25) is 0 Å². The van der Waals surface area contributed by atoms with Crippen molar-refractivity contribution in [3.63, 3.8) is 0 Å². The zero-order valence-electron chi connectivity index (χ0n) is 11.6. The van der Waals surface area contributed by atoms with E-state index in [1.54, 1.807) is 11.3 Å². The van der Waals surface area contributed by atoms with Gasteiger partial charge in [0.05, 0.1) is 5.01 Å². The van der Waals surface area contributed by atoms with E-state index in [0.29, 0.717) is 6.04 Å². The predicted molar refractivity (Wildman–Crippen MR) is 76.7 cm³/mol. The summed E-state index contributed by atoms with van der Waals surface area (Å²) in [6.07, 6.45) is 4.85. The highest BCUT2D eigenvalue weighted by molar-refractivity contribution is 7.09. The molecule has 0 amide bonds. The summed E-state index contributed by atoms with van der Waals surface area (Å²) in [5.41, 5.74) is 1.16. The molecule has 0 saturated carbocycles. The molecular weight excluding hydrogens is 228 g/mol. The van der Waals surface area contributed by atoms with Gasteiger partial charge in [0.25, 0.3) is 0 Å². The van der Waals surface area contributed by atoms with Gasteiger partial charge in [-0.15, -0.1) is 11.3 Å². The van der Waals surface area contributed by atoms with Crippen LogP contribution in [-0.4, -0.2) is 17.6 Å². The Kier molecular flexibility index (Phi) is 6.75. The van der Waals surface area contributed by atoms with Crippen molar-refractivity contribution >= 4 is 11.3 Å². The second kappa shape index (κ2) is 7.83. The summed E-state index contributed by atoms with van der Waals surface area (Å²) < 4.78 is 0. The average Bonchev–Trinajstić information content (AvgIpc) is 2.68. The van der Waals surface area contributed by atoms with E-state index in [9.17, 15) is 0 Å². The molecule has 0 aliphatic heterocycles. The van der Waals surface area contributed by atoms with Crippen LogP contribution in [0.2, 0.25) is 0 Å². The number of hydrogen-bond acceptors (Lipinski definition) is 3. The number of aromatic nitrogens is 1. The lowest BCUT2D eigenvalue weighted by Gasteiger charge is -2.22. The summed E-state index contributed by atoms with van der Waals surface area (Å²) in [6, 6.07) is 0.663. The first-order valence-electron chi connectivity index (χ1n) is 6.77. The zero-order chi connectivity index (χ0) is 12.7.